The van der Waals surface area contributed by atoms with Gasteiger partial charge in [0, 0.05) is 18.6 Å². The van der Waals surface area contributed by atoms with Crippen molar-refractivity contribution in [2.24, 2.45) is 0 Å². The Bertz CT molecular complexity index is 1420. The van der Waals surface area contributed by atoms with Crippen LogP contribution in [-0.2, 0) is 39.9 Å². The molecule has 1 unspecified atom stereocenters. The monoisotopic (exact) mass is 652 g/mol. The van der Waals surface area contributed by atoms with Crippen LogP contribution in [0, 0.1) is 6.92 Å². The van der Waals surface area contributed by atoms with Gasteiger partial charge in [-0.05, 0) is 60.6 Å². The summed E-state index contributed by atoms with van der Waals surface area (Å²) in [5.74, 6) is -0.743. The van der Waals surface area contributed by atoms with E-state index in [-0.39, 0.29) is 11.4 Å². The Morgan fingerprint density at radius 3 is 1.82 bits per heavy atom. The van der Waals surface area contributed by atoms with E-state index in [2.05, 4.69) is 10.6 Å². The van der Waals surface area contributed by atoms with Crippen molar-refractivity contribution >= 4 is 28.1 Å². The van der Waals surface area contributed by atoms with Crippen LogP contribution in [0.1, 0.15) is 59.1 Å². The van der Waals surface area contributed by atoms with E-state index in [9.17, 15) is 22.8 Å². The molecule has 13 nitrogen and oxygen atoms in total. The smallest absolute Gasteiger partial charge is 0.408 e. The minimum atomic E-state index is -4.53. The number of alkyl carbamates (subject to hydrolysis) is 1. The minimum absolute atomic E-state index is 0.184. The Labute approximate surface area is 265 Å². The quantitative estimate of drug-likeness (QED) is 0.237. The van der Waals surface area contributed by atoms with Gasteiger partial charge in [0.05, 0.1) is 38.3 Å². The lowest BCUT2D eigenvalue weighted by atomic mass is 10.1. The number of carbonyl (C=O) groups excluding carboxylic acids is 3. The Morgan fingerprint density at radius 1 is 0.822 bits per heavy atom. The average molecular weight is 653 g/mol. The lowest BCUT2D eigenvalue weighted by molar-refractivity contribution is -0.158. The SMILES string of the molecule is COc1cc(OC)c(CNC(=O)C(C[C@H](NC(=O)OC(C)(C)C)C(=O)OC(C)(C)C)OS(=O)(=O)c2ccc(C)cc2)c(OC)c1. The van der Waals surface area contributed by atoms with Crippen LogP contribution in [0.25, 0.3) is 0 Å². The fraction of sp³-hybridized carbons (Fsp3) is 0.516. The second kappa shape index (κ2) is 15.3. The number of esters is 1. The van der Waals surface area contributed by atoms with Gasteiger partial charge in [0.25, 0.3) is 16.0 Å². The van der Waals surface area contributed by atoms with E-state index in [1.807, 2.05) is 0 Å². The van der Waals surface area contributed by atoms with Crippen LogP contribution in [0.2, 0.25) is 0 Å². The zero-order valence-corrected chi connectivity index (χ0v) is 28.2. The Morgan fingerprint density at radius 2 is 1.36 bits per heavy atom. The highest BCUT2D eigenvalue weighted by Crippen LogP contribution is 2.34. The highest BCUT2D eigenvalue weighted by molar-refractivity contribution is 7.86. The zero-order valence-electron chi connectivity index (χ0n) is 27.4. The Hall–Kier alpha value is -4.04. The number of ether oxygens (including phenoxy) is 5. The maximum atomic E-state index is 13.7. The van der Waals surface area contributed by atoms with Crippen LogP contribution in [0.3, 0.4) is 0 Å². The molecule has 0 radical (unpaired) electrons. The molecule has 0 aliphatic rings. The van der Waals surface area contributed by atoms with E-state index < -0.39 is 57.9 Å². The molecular formula is C31H44N2O11S. The molecule has 2 atom stereocenters. The van der Waals surface area contributed by atoms with Gasteiger partial charge >= 0.3 is 12.1 Å². The van der Waals surface area contributed by atoms with Gasteiger partial charge in [-0.1, -0.05) is 17.7 Å². The molecule has 2 N–H and O–H groups in total. The van der Waals surface area contributed by atoms with Crippen molar-refractivity contribution in [1.82, 2.24) is 10.6 Å². The summed E-state index contributed by atoms with van der Waals surface area (Å²) in [6, 6.07) is 7.44. The van der Waals surface area contributed by atoms with Gasteiger partial charge in [-0.15, -0.1) is 0 Å². The molecule has 0 aliphatic heterocycles. The molecule has 2 aromatic carbocycles. The van der Waals surface area contributed by atoms with Crippen LogP contribution in [0.15, 0.2) is 41.3 Å². The standard InChI is InChI=1S/C31H44N2O11S/c1-19-11-13-21(14-12-19)45(37,38)44-26(17-23(28(35)42-30(2,3)4)33-29(36)43-31(5,6)7)27(34)32-18-22-24(40-9)15-20(39-8)16-25(22)41-10/h11-16,23,26H,17-18H2,1-10H3,(H,32,34)(H,33,36)/t23-,26?/m0/s1. The molecule has 0 aromatic heterocycles. The maximum absolute atomic E-state index is 13.7. The van der Waals surface area contributed by atoms with Gasteiger partial charge in [-0.2, -0.15) is 8.42 Å². The molecule has 0 heterocycles. The first-order valence-corrected chi connectivity index (χ1v) is 15.5. The van der Waals surface area contributed by atoms with Gasteiger partial charge in [-0.25, -0.2) is 9.59 Å². The largest absolute Gasteiger partial charge is 0.496 e. The normalized spacial score (nSPS) is 13.2. The molecule has 2 rings (SSSR count). The van der Waals surface area contributed by atoms with Gasteiger partial charge in [0.2, 0.25) is 0 Å². The summed E-state index contributed by atoms with van der Waals surface area (Å²) in [5, 5.41) is 5.02. The van der Waals surface area contributed by atoms with Crippen molar-refractivity contribution < 1.29 is 50.7 Å². The number of nitrogens with one attached hydrogen (secondary N) is 2. The Kier molecular flexibility index (Phi) is 12.6. The third-order valence-electron chi connectivity index (χ3n) is 5.93. The van der Waals surface area contributed by atoms with Crippen LogP contribution in [0.5, 0.6) is 17.2 Å². The average Bonchev–Trinajstić information content (AvgIpc) is 2.92. The predicted molar refractivity (Wildman–Crippen MR) is 165 cm³/mol. The molecule has 2 amide bonds. The van der Waals surface area contributed by atoms with E-state index in [1.165, 1.54) is 33.5 Å². The maximum Gasteiger partial charge on any atom is 0.408 e. The highest BCUT2D eigenvalue weighted by atomic mass is 32.2. The summed E-state index contributed by atoms with van der Waals surface area (Å²) in [6.07, 6.45) is -3.41. The number of methoxy groups -OCH3 is 3. The Balaban J connectivity index is 2.50. The van der Waals surface area contributed by atoms with Crippen LogP contribution < -0.4 is 24.8 Å². The lowest BCUT2D eigenvalue weighted by Gasteiger charge is -2.28. The first-order chi connectivity index (χ1) is 20.8. The molecule has 0 spiro atoms. The van der Waals surface area contributed by atoms with Gasteiger partial charge < -0.3 is 34.3 Å². The van der Waals surface area contributed by atoms with E-state index in [0.717, 1.165) is 5.56 Å². The second-order valence-electron chi connectivity index (χ2n) is 12.0. The van der Waals surface area contributed by atoms with Gasteiger partial charge in [-0.3, -0.25) is 8.98 Å². The first kappa shape index (κ1) is 37.1. The molecule has 250 valence electrons. The van der Waals surface area contributed by atoms with E-state index >= 15 is 0 Å². The van der Waals surface area contributed by atoms with Crippen molar-refractivity contribution in [2.75, 3.05) is 21.3 Å². The minimum Gasteiger partial charge on any atom is -0.496 e. The fourth-order valence-electron chi connectivity index (χ4n) is 3.90. The number of hydrogen-bond donors (Lipinski definition) is 2. The van der Waals surface area contributed by atoms with Crippen molar-refractivity contribution in [2.45, 2.75) is 89.7 Å². The summed E-state index contributed by atoms with van der Waals surface area (Å²) >= 11 is 0. The number of aryl methyl sites for hydroxylation is 1. The summed E-state index contributed by atoms with van der Waals surface area (Å²) in [4.78, 5) is 39.4. The number of hydrogen-bond acceptors (Lipinski definition) is 11. The predicted octanol–water partition coefficient (Wildman–Crippen LogP) is 4.04. The summed E-state index contributed by atoms with van der Waals surface area (Å²) in [7, 11) is -0.207. The number of carbonyl (C=O) groups is 3. The van der Waals surface area contributed by atoms with Crippen molar-refractivity contribution in [3.8, 4) is 17.2 Å². The molecule has 0 aliphatic carbocycles. The van der Waals surface area contributed by atoms with Crippen molar-refractivity contribution in [3.63, 3.8) is 0 Å². The van der Waals surface area contributed by atoms with Crippen molar-refractivity contribution in [1.29, 1.82) is 0 Å². The molecule has 0 bridgehead atoms. The highest BCUT2D eigenvalue weighted by Gasteiger charge is 2.36. The third-order valence-corrected chi connectivity index (χ3v) is 7.27. The molecule has 14 heteroatoms. The topological polar surface area (TPSA) is 165 Å². The van der Waals surface area contributed by atoms with Crippen molar-refractivity contribution in [3.05, 3.63) is 47.5 Å². The van der Waals surface area contributed by atoms with Crippen LogP contribution in [0.4, 0.5) is 4.79 Å². The molecular weight excluding hydrogens is 608 g/mol. The molecule has 2 aromatic rings. The molecule has 0 fully saturated rings. The van der Waals surface area contributed by atoms with Crippen LogP contribution >= 0.6 is 0 Å². The number of amides is 2. The second-order valence-corrected chi connectivity index (χ2v) is 13.6. The van der Waals surface area contributed by atoms with Gasteiger partial charge in [0.15, 0.2) is 6.10 Å². The van der Waals surface area contributed by atoms with E-state index in [4.69, 9.17) is 27.9 Å². The first-order valence-electron chi connectivity index (χ1n) is 14.1. The lowest BCUT2D eigenvalue weighted by Crippen LogP contribution is -2.50. The fourth-order valence-corrected chi connectivity index (χ4v) is 4.95. The molecule has 0 saturated carbocycles. The molecule has 0 saturated heterocycles. The number of benzene rings is 2. The summed E-state index contributed by atoms with van der Waals surface area (Å²) in [5.41, 5.74) is -0.665. The number of rotatable bonds is 13. The summed E-state index contributed by atoms with van der Waals surface area (Å²) < 4.78 is 58.9. The zero-order chi connectivity index (χ0) is 34.2. The third kappa shape index (κ3) is 11.8. The summed E-state index contributed by atoms with van der Waals surface area (Å²) in [6.45, 7) is 11.3. The van der Waals surface area contributed by atoms with Gasteiger partial charge in [0.1, 0.15) is 34.5 Å². The van der Waals surface area contributed by atoms with E-state index in [1.54, 1.807) is 72.7 Å². The molecule has 45 heavy (non-hydrogen) atoms. The van der Waals surface area contributed by atoms with E-state index in [0.29, 0.717) is 22.8 Å². The van der Waals surface area contributed by atoms with Crippen LogP contribution in [-0.4, -0.2) is 71.1 Å².